The van der Waals surface area contributed by atoms with E-state index in [0.29, 0.717) is 18.9 Å². The van der Waals surface area contributed by atoms with Crippen molar-refractivity contribution in [3.63, 3.8) is 0 Å². The van der Waals surface area contributed by atoms with E-state index in [4.69, 9.17) is 9.16 Å². The van der Waals surface area contributed by atoms with Gasteiger partial charge in [-0.25, -0.2) is 4.39 Å². The Hall–Kier alpha value is -0.953. The standard InChI is InChI=1S/C18H32FNO3Si/c1-14(12-23-24(5,6)18(2,3)4)20-11-16(21)13-22-17-9-7-8-15(19)10-17/h7-10,14,16,20-21H,11-13H2,1-6H3. The average Bonchev–Trinajstić information content (AvgIpc) is 2.48. The molecule has 0 saturated carbocycles. The van der Waals surface area contributed by atoms with E-state index in [9.17, 15) is 9.50 Å². The zero-order valence-electron chi connectivity index (χ0n) is 15.7. The number of ether oxygens (including phenoxy) is 1. The van der Waals surface area contributed by atoms with Crippen molar-refractivity contribution in [1.82, 2.24) is 5.32 Å². The lowest BCUT2D eigenvalue weighted by Crippen LogP contribution is -2.45. The van der Waals surface area contributed by atoms with Crippen LogP contribution < -0.4 is 10.1 Å². The maximum atomic E-state index is 13.0. The summed E-state index contributed by atoms with van der Waals surface area (Å²) in [5.74, 6) is 0.0693. The van der Waals surface area contributed by atoms with Gasteiger partial charge in [-0.15, -0.1) is 0 Å². The number of hydrogen-bond acceptors (Lipinski definition) is 4. The molecule has 0 bridgehead atoms. The van der Waals surface area contributed by atoms with Crippen molar-refractivity contribution in [1.29, 1.82) is 0 Å². The number of aliphatic hydroxyl groups is 1. The van der Waals surface area contributed by atoms with Gasteiger partial charge in [0.15, 0.2) is 8.32 Å². The molecule has 0 saturated heterocycles. The molecule has 1 rings (SSSR count). The number of benzene rings is 1. The molecule has 0 amide bonds. The molecule has 0 fully saturated rings. The molecule has 0 aromatic heterocycles. The zero-order valence-corrected chi connectivity index (χ0v) is 16.7. The highest BCUT2D eigenvalue weighted by molar-refractivity contribution is 6.74. The summed E-state index contributed by atoms with van der Waals surface area (Å²) in [6, 6.07) is 6.04. The van der Waals surface area contributed by atoms with E-state index < -0.39 is 14.4 Å². The minimum Gasteiger partial charge on any atom is -0.491 e. The summed E-state index contributed by atoms with van der Waals surface area (Å²) in [7, 11) is -1.75. The van der Waals surface area contributed by atoms with Gasteiger partial charge >= 0.3 is 0 Å². The molecular formula is C18H32FNO3Si. The monoisotopic (exact) mass is 357 g/mol. The van der Waals surface area contributed by atoms with Gasteiger partial charge in [-0.05, 0) is 37.2 Å². The maximum Gasteiger partial charge on any atom is 0.192 e. The lowest BCUT2D eigenvalue weighted by molar-refractivity contribution is 0.101. The molecule has 1 aromatic rings. The number of aliphatic hydroxyl groups excluding tert-OH is 1. The summed E-state index contributed by atoms with van der Waals surface area (Å²) in [5.41, 5.74) is 0. The van der Waals surface area contributed by atoms with Crippen molar-refractivity contribution in [3.8, 4) is 5.75 Å². The molecule has 138 valence electrons. The molecule has 0 radical (unpaired) electrons. The highest BCUT2D eigenvalue weighted by Crippen LogP contribution is 2.36. The molecule has 0 spiro atoms. The molecule has 6 heteroatoms. The predicted molar refractivity (Wildman–Crippen MR) is 98.5 cm³/mol. The van der Waals surface area contributed by atoms with Crippen LogP contribution in [0, 0.1) is 5.82 Å². The van der Waals surface area contributed by atoms with Gasteiger partial charge in [0.25, 0.3) is 0 Å². The molecule has 0 aliphatic rings. The molecular weight excluding hydrogens is 325 g/mol. The molecule has 24 heavy (non-hydrogen) atoms. The minimum absolute atomic E-state index is 0.117. The first kappa shape index (κ1) is 21.1. The lowest BCUT2D eigenvalue weighted by atomic mass is 10.2. The van der Waals surface area contributed by atoms with Crippen LogP contribution in [0.15, 0.2) is 24.3 Å². The Bertz CT molecular complexity index is 505. The topological polar surface area (TPSA) is 50.7 Å². The van der Waals surface area contributed by atoms with E-state index in [2.05, 4.69) is 39.2 Å². The van der Waals surface area contributed by atoms with Crippen LogP contribution >= 0.6 is 0 Å². The van der Waals surface area contributed by atoms with Gasteiger partial charge in [0.2, 0.25) is 0 Å². The fraction of sp³-hybridized carbons (Fsp3) is 0.667. The van der Waals surface area contributed by atoms with E-state index in [1.165, 1.54) is 12.1 Å². The van der Waals surface area contributed by atoms with Crippen LogP contribution in [0.4, 0.5) is 4.39 Å². The third-order valence-corrected chi connectivity index (χ3v) is 8.94. The van der Waals surface area contributed by atoms with E-state index in [1.54, 1.807) is 12.1 Å². The lowest BCUT2D eigenvalue weighted by Gasteiger charge is -2.37. The molecule has 4 nitrogen and oxygen atoms in total. The van der Waals surface area contributed by atoms with Gasteiger partial charge < -0.3 is 19.6 Å². The van der Waals surface area contributed by atoms with E-state index >= 15 is 0 Å². The first-order valence-corrected chi connectivity index (χ1v) is 11.4. The average molecular weight is 358 g/mol. The molecule has 0 aliphatic heterocycles. The fourth-order valence-electron chi connectivity index (χ4n) is 1.75. The number of rotatable bonds is 9. The van der Waals surface area contributed by atoms with Crippen LogP contribution in [-0.2, 0) is 4.43 Å². The Kier molecular flexibility index (Phi) is 7.86. The molecule has 0 aliphatic carbocycles. The Labute approximate surface area is 146 Å². The fourth-order valence-corrected chi connectivity index (χ4v) is 2.85. The molecule has 2 unspecified atom stereocenters. The Balaban J connectivity index is 2.27. The molecule has 2 atom stereocenters. The van der Waals surface area contributed by atoms with E-state index in [0.717, 1.165) is 0 Å². The van der Waals surface area contributed by atoms with E-state index in [-0.39, 0.29) is 23.5 Å². The smallest absolute Gasteiger partial charge is 0.192 e. The van der Waals surface area contributed by atoms with Crippen LogP contribution in [0.3, 0.4) is 0 Å². The largest absolute Gasteiger partial charge is 0.491 e. The van der Waals surface area contributed by atoms with Crippen LogP contribution in [0.2, 0.25) is 18.1 Å². The Morgan fingerprint density at radius 3 is 2.50 bits per heavy atom. The van der Waals surface area contributed by atoms with Gasteiger partial charge in [-0.2, -0.15) is 0 Å². The summed E-state index contributed by atoms with van der Waals surface area (Å²) in [4.78, 5) is 0. The minimum atomic E-state index is -1.75. The van der Waals surface area contributed by atoms with Crippen molar-refractivity contribution in [2.24, 2.45) is 0 Å². The Morgan fingerprint density at radius 2 is 1.92 bits per heavy atom. The van der Waals surface area contributed by atoms with E-state index in [1.807, 2.05) is 6.92 Å². The summed E-state index contributed by atoms with van der Waals surface area (Å²) in [5, 5.41) is 13.4. The van der Waals surface area contributed by atoms with Crippen LogP contribution in [0.25, 0.3) is 0 Å². The van der Waals surface area contributed by atoms with Crippen molar-refractivity contribution >= 4 is 8.32 Å². The van der Waals surface area contributed by atoms with Crippen LogP contribution in [-0.4, -0.2) is 45.3 Å². The highest BCUT2D eigenvalue weighted by Gasteiger charge is 2.37. The van der Waals surface area contributed by atoms with Crippen molar-refractivity contribution in [2.75, 3.05) is 19.8 Å². The Morgan fingerprint density at radius 1 is 1.25 bits per heavy atom. The van der Waals surface area contributed by atoms with Gasteiger partial charge in [-0.3, -0.25) is 0 Å². The highest BCUT2D eigenvalue weighted by atomic mass is 28.4. The third-order valence-electron chi connectivity index (χ3n) is 4.44. The number of nitrogens with one attached hydrogen (secondary N) is 1. The summed E-state index contributed by atoms with van der Waals surface area (Å²) in [6.45, 7) is 14.3. The second kappa shape index (κ2) is 8.94. The SMILES string of the molecule is CC(CO[Si](C)(C)C(C)(C)C)NCC(O)COc1cccc(F)c1. The van der Waals surface area contributed by atoms with Crippen molar-refractivity contribution in [2.45, 2.75) is 58.0 Å². The van der Waals surface area contributed by atoms with Crippen LogP contribution in [0.5, 0.6) is 5.75 Å². The predicted octanol–water partition coefficient (Wildman–Crippen LogP) is 3.57. The quantitative estimate of drug-likeness (QED) is 0.664. The molecule has 1 aromatic carbocycles. The van der Waals surface area contributed by atoms with Crippen LogP contribution in [0.1, 0.15) is 27.7 Å². The van der Waals surface area contributed by atoms with Crippen molar-refractivity contribution < 1.29 is 18.7 Å². The molecule has 2 N–H and O–H groups in total. The first-order valence-electron chi connectivity index (χ1n) is 8.45. The molecule has 0 heterocycles. The third kappa shape index (κ3) is 7.30. The van der Waals surface area contributed by atoms with Gasteiger partial charge in [0.05, 0.1) is 0 Å². The summed E-state index contributed by atoms with van der Waals surface area (Å²) < 4.78 is 24.6. The number of halogens is 1. The second-order valence-electron chi connectivity index (χ2n) is 7.80. The summed E-state index contributed by atoms with van der Waals surface area (Å²) >= 11 is 0. The first-order chi connectivity index (χ1) is 11.0. The van der Waals surface area contributed by atoms with Gasteiger partial charge in [-0.1, -0.05) is 26.8 Å². The zero-order chi connectivity index (χ0) is 18.4. The maximum absolute atomic E-state index is 13.0. The normalized spacial score (nSPS) is 15.2. The number of hydrogen-bond donors (Lipinski definition) is 2. The van der Waals surface area contributed by atoms with Gasteiger partial charge in [0.1, 0.15) is 24.3 Å². The second-order valence-corrected chi connectivity index (χ2v) is 12.6. The summed E-state index contributed by atoms with van der Waals surface area (Å²) in [6.07, 6.45) is -0.663. The van der Waals surface area contributed by atoms with Crippen molar-refractivity contribution in [3.05, 3.63) is 30.1 Å². The van der Waals surface area contributed by atoms with Gasteiger partial charge in [0, 0.05) is 25.3 Å².